The van der Waals surface area contributed by atoms with Crippen LogP contribution < -0.4 is 14.9 Å². The second kappa shape index (κ2) is 7.94. The zero-order chi connectivity index (χ0) is 19.4. The smallest absolute Gasteiger partial charge is 0.261 e. The molecular formula is C22H23N3O2S. The van der Waals surface area contributed by atoms with Gasteiger partial charge in [0.1, 0.15) is 0 Å². The highest BCUT2D eigenvalue weighted by Crippen LogP contribution is 2.25. The number of anilines is 4. The Labute approximate surface area is 166 Å². The second-order valence-electron chi connectivity index (χ2n) is 6.86. The standard InChI is InChI=1S/C22H23N3O2S/c26-28(27,22-6-2-1-3-7-22)24-20-10-8-18(9-11-20)23-19-12-14-21(15-13-19)25-16-4-5-17-25/h1-3,6-15,23-24H,4-5,16-17H2. The summed E-state index contributed by atoms with van der Waals surface area (Å²) in [5.74, 6) is 0. The summed E-state index contributed by atoms with van der Waals surface area (Å²) in [5, 5.41) is 3.35. The topological polar surface area (TPSA) is 61.4 Å². The third kappa shape index (κ3) is 4.28. The number of sulfonamides is 1. The van der Waals surface area contributed by atoms with Gasteiger partial charge in [-0.2, -0.15) is 0 Å². The fraction of sp³-hybridized carbons (Fsp3) is 0.182. The predicted molar refractivity (Wildman–Crippen MR) is 115 cm³/mol. The quantitative estimate of drug-likeness (QED) is 0.630. The Hall–Kier alpha value is -2.99. The minimum Gasteiger partial charge on any atom is -0.372 e. The molecule has 1 aliphatic rings. The molecule has 1 heterocycles. The lowest BCUT2D eigenvalue weighted by atomic mass is 10.2. The van der Waals surface area contributed by atoms with E-state index in [9.17, 15) is 8.42 Å². The van der Waals surface area contributed by atoms with Gasteiger partial charge in [0.15, 0.2) is 0 Å². The van der Waals surface area contributed by atoms with E-state index < -0.39 is 10.0 Å². The van der Waals surface area contributed by atoms with Crippen molar-refractivity contribution < 1.29 is 8.42 Å². The van der Waals surface area contributed by atoms with Crippen molar-refractivity contribution >= 4 is 32.8 Å². The van der Waals surface area contributed by atoms with Gasteiger partial charge in [0, 0.05) is 35.8 Å². The molecule has 2 N–H and O–H groups in total. The highest BCUT2D eigenvalue weighted by molar-refractivity contribution is 7.92. The normalized spacial score (nSPS) is 14.1. The van der Waals surface area contributed by atoms with Crippen molar-refractivity contribution in [3.63, 3.8) is 0 Å². The van der Waals surface area contributed by atoms with Crippen LogP contribution in [-0.4, -0.2) is 21.5 Å². The lowest BCUT2D eigenvalue weighted by molar-refractivity contribution is 0.601. The van der Waals surface area contributed by atoms with Crippen molar-refractivity contribution in [2.24, 2.45) is 0 Å². The van der Waals surface area contributed by atoms with Gasteiger partial charge in [0.05, 0.1) is 4.90 Å². The third-order valence-corrected chi connectivity index (χ3v) is 6.22. The van der Waals surface area contributed by atoms with Crippen LogP contribution in [0.2, 0.25) is 0 Å². The van der Waals surface area contributed by atoms with Crippen LogP contribution in [0, 0.1) is 0 Å². The highest BCUT2D eigenvalue weighted by atomic mass is 32.2. The third-order valence-electron chi connectivity index (χ3n) is 4.82. The maximum Gasteiger partial charge on any atom is 0.261 e. The maximum atomic E-state index is 12.4. The van der Waals surface area contributed by atoms with Gasteiger partial charge in [0.25, 0.3) is 10.0 Å². The molecule has 3 aromatic carbocycles. The predicted octanol–water partition coefficient (Wildman–Crippen LogP) is 4.83. The fourth-order valence-electron chi connectivity index (χ4n) is 3.33. The molecule has 0 unspecified atom stereocenters. The Morgan fingerprint density at radius 2 is 1.21 bits per heavy atom. The van der Waals surface area contributed by atoms with Gasteiger partial charge >= 0.3 is 0 Å². The molecule has 5 nitrogen and oxygen atoms in total. The van der Waals surface area contributed by atoms with Crippen LogP contribution in [0.5, 0.6) is 0 Å². The van der Waals surface area contributed by atoms with E-state index in [2.05, 4.69) is 39.2 Å². The highest BCUT2D eigenvalue weighted by Gasteiger charge is 2.13. The van der Waals surface area contributed by atoms with E-state index >= 15 is 0 Å². The van der Waals surface area contributed by atoms with Gasteiger partial charge in [-0.15, -0.1) is 0 Å². The van der Waals surface area contributed by atoms with Gasteiger partial charge < -0.3 is 10.2 Å². The Morgan fingerprint density at radius 1 is 0.679 bits per heavy atom. The van der Waals surface area contributed by atoms with Crippen molar-refractivity contribution in [3.8, 4) is 0 Å². The van der Waals surface area contributed by atoms with E-state index in [1.807, 2.05) is 12.1 Å². The number of hydrogen-bond donors (Lipinski definition) is 2. The van der Waals surface area contributed by atoms with Crippen molar-refractivity contribution in [2.75, 3.05) is 28.0 Å². The number of nitrogens with one attached hydrogen (secondary N) is 2. The number of nitrogens with zero attached hydrogens (tertiary/aromatic N) is 1. The number of rotatable bonds is 6. The maximum absolute atomic E-state index is 12.4. The molecule has 4 rings (SSSR count). The lowest BCUT2D eigenvalue weighted by Crippen LogP contribution is -2.17. The molecular weight excluding hydrogens is 370 g/mol. The first-order valence-electron chi connectivity index (χ1n) is 9.40. The summed E-state index contributed by atoms with van der Waals surface area (Å²) in [5.41, 5.74) is 3.68. The lowest BCUT2D eigenvalue weighted by Gasteiger charge is -2.18. The minimum absolute atomic E-state index is 0.246. The van der Waals surface area contributed by atoms with E-state index in [0.29, 0.717) is 5.69 Å². The molecule has 0 radical (unpaired) electrons. The molecule has 6 heteroatoms. The Morgan fingerprint density at radius 3 is 1.82 bits per heavy atom. The summed E-state index contributed by atoms with van der Waals surface area (Å²) >= 11 is 0. The molecule has 0 saturated carbocycles. The summed E-state index contributed by atoms with van der Waals surface area (Å²) in [7, 11) is -3.57. The van der Waals surface area contributed by atoms with Crippen molar-refractivity contribution in [2.45, 2.75) is 17.7 Å². The Kier molecular flexibility index (Phi) is 5.21. The molecule has 1 fully saturated rings. The van der Waals surface area contributed by atoms with E-state index in [1.54, 1.807) is 42.5 Å². The number of hydrogen-bond acceptors (Lipinski definition) is 4. The van der Waals surface area contributed by atoms with Gasteiger partial charge in [-0.1, -0.05) is 18.2 Å². The first-order valence-corrected chi connectivity index (χ1v) is 10.9. The first kappa shape index (κ1) is 18.4. The average molecular weight is 394 g/mol. The van der Waals surface area contributed by atoms with Crippen LogP contribution >= 0.6 is 0 Å². The summed E-state index contributed by atoms with van der Waals surface area (Å²) < 4.78 is 27.4. The van der Waals surface area contributed by atoms with Crippen molar-refractivity contribution in [1.82, 2.24) is 0 Å². The molecule has 3 aromatic rings. The van der Waals surface area contributed by atoms with E-state index in [4.69, 9.17) is 0 Å². The molecule has 0 bridgehead atoms. The molecule has 28 heavy (non-hydrogen) atoms. The summed E-state index contributed by atoms with van der Waals surface area (Å²) in [4.78, 5) is 2.65. The molecule has 0 aromatic heterocycles. The van der Waals surface area contributed by atoms with Crippen LogP contribution in [0.4, 0.5) is 22.7 Å². The molecule has 0 amide bonds. The fourth-order valence-corrected chi connectivity index (χ4v) is 4.41. The summed E-state index contributed by atoms with van der Waals surface area (Å²) in [6.07, 6.45) is 2.53. The monoisotopic (exact) mass is 393 g/mol. The van der Waals surface area contributed by atoms with Crippen LogP contribution in [0.1, 0.15) is 12.8 Å². The molecule has 0 spiro atoms. The molecule has 0 atom stereocenters. The minimum atomic E-state index is -3.57. The average Bonchev–Trinajstić information content (AvgIpc) is 3.25. The van der Waals surface area contributed by atoms with Gasteiger partial charge in [-0.25, -0.2) is 8.42 Å². The molecule has 1 aliphatic heterocycles. The van der Waals surface area contributed by atoms with E-state index in [0.717, 1.165) is 24.5 Å². The largest absolute Gasteiger partial charge is 0.372 e. The molecule has 0 aliphatic carbocycles. The van der Waals surface area contributed by atoms with Gasteiger partial charge in [0.2, 0.25) is 0 Å². The van der Waals surface area contributed by atoms with Gasteiger partial charge in [-0.3, -0.25) is 4.72 Å². The van der Waals surface area contributed by atoms with Crippen molar-refractivity contribution in [1.29, 1.82) is 0 Å². The first-order chi connectivity index (χ1) is 13.6. The number of benzene rings is 3. The van der Waals surface area contributed by atoms with Crippen molar-refractivity contribution in [3.05, 3.63) is 78.9 Å². The SMILES string of the molecule is O=S(=O)(Nc1ccc(Nc2ccc(N3CCCC3)cc2)cc1)c1ccccc1. The Bertz CT molecular complexity index is 1010. The second-order valence-corrected chi connectivity index (χ2v) is 8.54. The van der Waals surface area contributed by atoms with E-state index in [1.165, 1.54) is 18.5 Å². The zero-order valence-electron chi connectivity index (χ0n) is 15.5. The summed E-state index contributed by atoms with van der Waals surface area (Å²) in [6.45, 7) is 2.26. The van der Waals surface area contributed by atoms with Crippen LogP contribution in [-0.2, 0) is 10.0 Å². The van der Waals surface area contributed by atoms with E-state index in [-0.39, 0.29) is 4.90 Å². The zero-order valence-corrected chi connectivity index (χ0v) is 16.3. The molecule has 144 valence electrons. The van der Waals surface area contributed by atoms with Crippen LogP contribution in [0.3, 0.4) is 0 Å². The summed E-state index contributed by atoms with van der Waals surface area (Å²) in [6, 6.07) is 24.0. The van der Waals surface area contributed by atoms with Gasteiger partial charge in [-0.05, 0) is 73.5 Å². The Balaban J connectivity index is 1.40. The van der Waals surface area contributed by atoms with Crippen LogP contribution in [0.25, 0.3) is 0 Å². The molecule has 1 saturated heterocycles. The van der Waals surface area contributed by atoms with Crippen LogP contribution in [0.15, 0.2) is 83.8 Å².